The number of aryl methyl sites for hydroxylation is 1. The minimum atomic E-state index is -0.179. The van der Waals surface area contributed by atoms with Gasteiger partial charge in [-0.15, -0.1) is 0 Å². The summed E-state index contributed by atoms with van der Waals surface area (Å²) in [5.74, 6) is 0.996. The molecule has 3 N–H and O–H groups in total. The number of imidazole rings is 1. The Balaban J connectivity index is 2.59. The fourth-order valence-corrected chi connectivity index (χ4v) is 1.32. The zero-order valence-electron chi connectivity index (χ0n) is 8.72. The second-order valence-corrected chi connectivity index (χ2v) is 4.27. The van der Waals surface area contributed by atoms with Gasteiger partial charge in [0.1, 0.15) is 5.82 Å². The van der Waals surface area contributed by atoms with Crippen molar-refractivity contribution in [3.8, 4) is 0 Å². The molecule has 0 aromatic carbocycles. The summed E-state index contributed by atoms with van der Waals surface area (Å²) in [5, 5.41) is 0. The minimum Gasteiger partial charge on any atom is -0.346 e. The van der Waals surface area contributed by atoms with Gasteiger partial charge in [0.2, 0.25) is 0 Å². The van der Waals surface area contributed by atoms with Crippen molar-refractivity contribution in [3.05, 3.63) is 17.7 Å². The summed E-state index contributed by atoms with van der Waals surface area (Å²) in [6.45, 7) is 6.18. The van der Waals surface area contributed by atoms with Crippen LogP contribution in [0.5, 0.6) is 0 Å². The summed E-state index contributed by atoms with van der Waals surface area (Å²) < 4.78 is 0. The maximum Gasteiger partial charge on any atom is 0.108 e. The fraction of sp³-hybridized carbons (Fsp3) is 0.700. The molecule has 1 aromatic rings. The Hall–Kier alpha value is -0.830. The van der Waals surface area contributed by atoms with Crippen molar-refractivity contribution in [1.82, 2.24) is 9.97 Å². The third kappa shape index (κ3) is 3.59. The van der Waals surface area contributed by atoms with E-state index in [9.17, 15) is 0 Å². The van der Waals surface area contributed by atoms with E-state index in [1.54, 1.807) is 0 Å². The summed E-state index contributed by atoms with van der Waals surface area (Å²) in [6.07, 6.45) is 4.92. The van der Waals surface area contributed by atoms with Crippen molar-refractivity contribution in [3.63, 3.8) is 0 Å². The highest BCUT2D eigenvalue weighted by Gasteiger charge is 2.13. The molecule has 0 saturated heterocycles. The van der Waals surface area contributed by atoms with Crippen LogP contribution in [0.3, 0.4) is 0 Å². The Morgan fingerprint density at radius 2 is 2.23 bits per heavy atom. The van der Waals surface area contributed by atoms with Crippen LogP contribution in [0.2, 0.25) is 0 Å². The van der Waals surface area contributed by atoms with Gasteiger partial charge in [-0.2, -0.15) is 0 Å². The first-order chi connectivity index (χ1) is 6.01. The Bertz CT molecular complexity index is 257. The van der Waals surface area contributed by atoms with Crippen molar-refractivity contribution in [1.29, 1.82) is 0 Å². The largest absolute Gasteiger partial charge is 0.346 e. The van der Waals surface area contributed by atoms with Crippen LogP contribution in [0.15, 0.2) is 6.20 Å². The standard InChI is InChI=1S/C10H19N3/c1-4-5-8-7-12-9(13-8)6-10(2,3)11/h7H,4-6,11H2,1-3H3,(H,12,13). The van der Waals surface area contributed by atoms with E-state index in [0.717, 1.165) is 25.1 Å². The molecule has 0 aliphatic heterocycles. The van der Waals surface area contributed by atoms with Gasteiger partial charge in [0.05, 0.1) is 0 Å². The lowest BCUT2D eigenvalue weighted by atomic mass is 10.0. The van der Waals surface area contributed by atoms with Crippen LogP contribution in [0.4, 0.5) is 0 Å². The van der Waals surface area contributed by atoms with Crippen molar-refractivity contribution in [2.75, 3.05) is 0 Å². The number of aromatic nitrogens is 2. The highest BCUT2D eigenvalue weighted by molar-refractivity contribution is 5.03. The molecule has 1 rings (SSSR count). The van der Waals surface area contributed by atoms with Crippen LogP contribution in [0.1, 0.15) is 38.7 Å². The zero-order chi connectivity index (χ0) is 9.90. The molecule has 0 aliphatic rings. The molecule has 0 amide bonds. The van der Waals surface area contributed by atoms with Gasteiger partial charge in [0.25, 0.3) is 0 Å². The average Bonchev–Trinajstić information content (AvgIpc) is 2.33. The van der Waals surface area contributed by atoms with E-state index in [-0.39, 0.29) is 5.54 Å². The van der Waals surface area contributed by atoms with Crippen LogP contribution < -0.4 is 5.73 Å². The molecule has 1 aromatic heterocycles. The van der Waals surface area contributed by atoms with Crippen molar-refractivity contribution in [2.24, 2.45) is 5.73 Å². The first kappa shape index (κ1) is 10.3. The number of H-pyrrole nitrogens is 1. The zero-order valence-corrected chi connectivity index (χ0v) is 8.72. The molecule has 3 heteroatoms. The third-order valence-corrected chi connectivity index (χ3v) is 1.82. The Kier molecular flexibility index (Phi) is 3.09. The van der Waals surface area contributed by atoms with E-state index >= 15 is 0 Å². The monoisotopic (exact) mass is 181 g/mol. The molecule has 0 saturated carbocycles. The van der Waals surface area contributed by atoms with Crippen molar-refractivity contribution < 1.29 is 0 Å². The second kappa shape index (κ2) is 3.92. The predicted molar refractivity (Wildman–Crippen MR) is 54.6 cm³/mol. The molecular weight excluding hydrogens is 162 g/mol. The summed E-state index contributed by atoms with van der Waals surface area (Å²) in [5.41, 5.74) is 6.92. The molecule has 74 valence electrons. The lowest BCUT2D eigenvalue weighted by Gasteiger charge is -2.15. The number of aromatic amines is 1. The second-order valence-electron chi connectivity index (χ2n) is 4.27. The average molecular weight is 181 g/mol. The van der Waals surface area contributed by atoms with E-state index in [1.807, 2.05) is 20.0 Å². The van der Waals surface area contributed by atoms with E-state index in [2.05, 4.69) is 16.9 Å². The topological polar surface area (TPSA) is 54.7 Å². The SMILES string of the molecule is CCCc1cnc(CC(C)(C)N)[nH]1. The Morgan fingerprint density at radius 1 is 1.54 bits per heavy atom. The quantitative estimate of drug-likeness (QED) is 0.742. The number of rotatable bonds is 4. The molecule has 0 atom stereocenters. The van der Waals surface area contributed by atoms with Gasteiger partial charge in [-0.05, 0) is 20.3 Å². The molecule has 0 radical (unpaired) electrons. The highest BCUT2D eigenvalue weighted by Crippen LogP contribution is 2.07. The summed E-state index contributed by atoms with van der Waals surface area (Å²) in [7, 11) is 0. The van der Waals surface area contributed by atoms with Gasteiger partial charge in [0.15, 0.2) is 0 Å². The summed E-state index contributed by atoms with van der Waals surface area (Å²) in [6, 6.07) is 0. The van der Waals surface area contributed by atoms with E-state index < -0.39 is 0 Å². The van der Waals surface area contributed by atoms with Gasteiger partial charge < -0.3 is 10.7 Å². The lowest BCUT2D eigenvalue weighted by molar-refractivity contribution is 0.504. The molecule has 0 aliphatic carbocycles. The first-order valence-corrected chi connectivity index (χ1v) is 4.83. The molecule has 0 fully saturated rings. The van der Waals surface area contributed by atoms with Crippen molar-refractivity contribution in [2.45, 2.75) is 45.6 Å². The number of hydrogen-bond donors (Lipinski definition) is 2. The van der Waals surface area contributed by atoms with Gasteiger partial charge in [-0.3, -0.25) is 0 Å². The molecule has 3 nitrogen and oxygen atoms in total. The van der Waals surface area contributed by atoms with E-state index in [0.29, 0.717) is 0 Å². The van der Waals surface area contributed by atoms with Crippen LogP contribution >= 0.6 is 0 Å². The maximum atomic E-state index is 5.89. The maximum absolute atomic E-state index is 5.89. The predicted octanol–water partition coefficient (Wildman–Crippen LogP) is 1.64. The number of nitrogens with one attached hydrogen (secondary N) is 1. The normalized spacial score (nSPS) is 12.0. The first-order valence-electron chi connectivity index (χ1n) is 4.83. The van der Waals surface area contributed by atoms with Crippen LogP contribution in [0, 0.1) is 0 Å². The van der Waals surface area contributed by atoms with Gasteiger partial charge in [-0.1, -0.05) is 13.3 Å². The fourth-order valence-electron chi connectivity index (χ4n) is 1.32. The van der Waals surface area contributed by atoms with Gasteiger partial charge >= 0.3 is 0 Å². The van der Waals surface area contributed by atoms with Crippen LogP contribution in [-0.2, 0) is 12.8 Å². The summed E-state index contributed by atoms with van der Waals surface area (Å²) in [4.78, 5) is 7.56. The van der Waals surface area contributed by atoms with Gasteiger partial charge in [-0.25, -0.2) is 4.98 Å². The molecule has 1 heterocycles. The van der Waals surface area contributed by atoms with Crippen LogP contribution in [0.25, 0.3) is 0 Å². The van der Waals surface area contributed by atoms with Crippen molar-refractivity contribution >= 4 is 0 Å². The smallest absolute Gasteiger partial charge is 0.108 e. The van der Waals surface area contributed by atoms with Crippen LogP contribution in [-0.4, -0.2) is 15.5 Å². The molecule has 0 unspecified atom stereocenters. The summed E-state index contributed by atoms with van der Waals surface area (Å²) >= 11 is 0. The Morgan fingerprint density at radius 3 is 2.77 bits per heavy atom. The van der Waals surface area contributed by atoms with E-state index in [1.165, 1.54) is 5.69 Å². The molecule has 13 heavy (non-hydrogen) atoms. The molecule has 0 spiro atoms. The molecule has 0 bridgehead atoms. The Labute approximate surface area is 79.8 Å². The lowest BCUT2D eigenvalue weighted by Crippen LogP contribution is -2.34. The number of nitrogens with zero attached hydrogens (tertiary/aromatic N) is 1. The van der Waals surface area contributed by atoms with Gasteiger partial charge in [0, 0.05) is 23.9 Å². The highest BCUT2D eigenvalue weighted by atomic mass is 14.9. The third-order valence-electron chi connectivity index (χ3n) is 1.82. The number of nitrogens with two attached hydrogens (primary N) is 1. The molecular formula is C10H19N3. The van der Waals surface area contributed by atoms with E-state index in [4.69, 9.17) is 5.73 Å². The minimum absolute atomic E-state index is 0.179. The number of hydrogen-bond acceptors (Lipinski definition) is 2.